The van der Waals surface area contributed by atoms with Crippen molar-refractivity contribution in [2.24, 2.45) is 0 Å². The summed E-state index contributed by atoms with van der Waals surface area (Å²) in [5.41, 5.74) is 1.01. The van der Waals surface area contributed by atoms with Gasteiger partial charge in [0.2, 0.25) is 11.8 Å². The van der Waals surface area contributed by atoms with E-state index < -0.39 is 28.5 Å². The van der Waals surface area contributed by atoms with Crippen molar-refractivity contribution in [3.05, 3.63) is 83.4 Å². The summed E-state index contributed by atoms with van der Waals surface area (Å²) >= 11 is 6.09. The number of hydrogen-bond acceptors (Lipinski definition) is 6. The largest absolute Gasteiger partial charge is 0.497 e. The fourth-order valence-electron chi connectivity index (χ4n) is 4.30. The molecular weight excluding hydrogens is 578 g/mol. The smallest absolute Gasteiger partial charge is 0.264 e. The molecule has 0 saturated heterocycles. The molecular formula is C31H38ClN3O6S. The van der Waals surface area contributed by atoms with Crippen LogP contribution in [0.2, 0.25) is 5.02 Å². The van der Waals surface area contributed by atoms with Crippen LogP contribution >= 0.6 is 11.6 Å². The van der Waals surface area contributed by atoms with Crippen LogP contribution in [0.15, 0.2) is 77.7 Å². The van der Waals surface area contributed by atoms with Gasteiger partial charge >= 0.3 is 0 Å². The number of ether oxygens (including phenoxy) is 2. The van der Waals surface area contributed by atoms with Crippen LogP contribution in [-0.2, 0) is 26.2 Å². The molecule has 0 fully saturated rings. The van der Waals surface area contributed by atoms with E-state index in [4.69, 9.17) is 21.1 Å². The molecule has 226 valence electrons. The van der Waals surface area contributed by atoms with Gasteiger partial charge in [-0.05, 0) is 86.0 Å². The number of anilines is 1. The van der Waals surface area contributed by atoms with Crippen molar-refractivity contribution in [2.45, 2.75) is 57.1 Å². The minimum atomic E-state index is -4.21. The second-order valence-corrected chi connectivity index (χ2v) is 12.1. The van der Waals surface area contributed by atoms with Gasteiger partial charge in [0.1, 0.15) is 24.1 Å². The molecule has 0 bridgehead atoms. The van der Waals surface area contributed by atoms with Crippen LogP contribution in [0, 0.1) is 0 Å². The molecule has 0 aliphatic heterocycles. The molecule has 1 N–H and O–H groups in total. The van der Waals surface area contributed by atoms with Crippen molar-refractivity contribution in [3.8, 4) is 11.5 Å². The minimum absolute atomic E-state index is 0.0192. The molecule has 42 heavy (non-hydrogen) atoms. The monoisotopic (exact) mass is 615 g/mol. The van der Waals surface area contributed by atoms with Crippen LogP contribution in [0.5, 0.6) is 11.5 Å². The standard InChI is InChI=1S/C31H38ClN3O6S/c1-6-22(3)33-31(37)29(7-2)34(20-23-8-14-26(40-4)15-9-23)30(36)21-35(25-12-10-24(32)11-13-25)42(38,39)28-18-16-27(41-5)17-19-28/h8-19,22,29H,6-7,20-21H2,1-5H3,(H,33,37)/t22-,29+/m1/s1. The van der Waals surface area contributed by atoms with E-state index in [-0.39, 0.29) is 29.1 Å². The first-order valence-electron chi connectivity index (χ1n) is 13.7. The van der Waals surface area contributed by atoms with Crippen molar-refractivity contribution in [1.29, 1.82) is 0 Å². The van der Waals surface area contributed by atoms with Crippen LogP contribution in [0.4, 0.5) is 5.69 Å². The van der Waals surface area contributed by atoms with Gasteiger partial charge in [-0.1, -0.05) is 37.6 Å². The lowest BCUT2D eigenvalue weighted by Gasteiger charge is -2.33. The molecule has 9 nitrogen and oxygen atoms in total. The van der Waals surface area contributed by atoms with Crippen molar-refractivity contribution < 1.29 is 27.5 Å². The molecule has 0 radical (unpaired) electrons. The number of sulfonamides is 1. The highest BCUT2D eigenvalue weighted by Crippen LogP contribution is 2.27. The van der Waals surface area contributed by atoms with Gasteiger partial charge in [0.15, 0.2) is 0 Å². The van der Waals surface area contributed by atoms with E-state index in [1.54, 1.807) is 31.4 Å². The molecule has 3 rings (SSSR count). The van der Waals surface area contributed by atoms with E-state index in [2.05, 4.69) is 5.32 Å². The van der Waals surface area contributed by atoms with E-state index in [0.29, 0.717) is 22.9 Å². The molecule has 0 saturated carbocycles. The lowest BCUT2D eigenvalue weighted by atomic mass is 10.1. The van der Waals surface area contributed by atoms with Crippen molar-refractivity contribution >= 4 is 39.1 Å². The first-order valence-corrected chi connectivity index (χ1v) is 15.5. The molecule has 3 aromatic rings. The van der Waals surface area contributed by atoms with E-state index in [9.17, 15) is 18.0 Å². The van der Waals surface area contributed by atoms with E-state index in [0.717, 1.165) is 16.3 Å². The lowest BCUT2D eigenvalue weighted by Crippen LogP contribution is -2.53. The van der Waals surface area contributed by atoms with E-state index in [1.807, 2.05) is 32.9 Å². The van der Waals surface area contributed by atoms with Crippen molar-refractivity contribution in [1.82, 2.24) is 10.2 Å². The number of carbonyl (C=O) groups is 2. The Labute approximate surface area is 253 Å². The number of benzene rings is 3. The number of hydrogen-bond donors (Lipinski definition) is 1. The van der Waals surface area contributed by atoms with Crippen LogP contribution in [0.1, 0.15) is 39.2 Å². The number of amides is 2. The fraction of sp³-hybridized carbons (Fsp3) is 0.355. The van der Waals surface area contributed by atoms with Gasteiger partial charge in [0.05, 0.1) is 24.8 Å². The summed E-state index contributed by atoms with van der Waals surface area (Å²) in [6.07, 6.45) is 1.05. The Bertz CT molecular complexity index is 1430. The second-order valence-electron chi connectivity index (χ2n) is 9.78. The molecule has 2 amide bonds. The Balaban J connectivity index is 2.05. The Hall–Kier alpha value is -3.76. The van der Waals surface area contributed by atoms with Crippen LogP contribution in [-0.4, -0.2) is 58.0 Å². The average Bonchev–Trinajstić information content (AvgIpc) is 3.00. The van der Waals surface area contributed by atoms with Gasteiger partial charge in [-0.15, -0.1) is 0 Å². The Morgan fingerprint density at radius 3 is 1.90 bits per heavy atom. The number of nitrogens with zero attached hydrogens (tertiary/aromatic N) is 2. The quantitative estimate of drug-likeness (QED) is 0.265. The number of methoxy groups -OCH3 is 2. The summed E-state index contributed by atoms with van der Waals surface area (Å²) in [6, 6.07) is 18.4. The molecule has 0 spiro atoms. The van der Waals surface area contributed by atoms with Crippen LogP contribution in [0.25, 0.3) is 0 Å². The summed E-state index contributed by atoms with van der Waals surface area (Å²) in [5, 5.41) is 3.38. The van der Waals surface area contributed by atoms with Gasteiger partial charge in [-0.25, -0.2) is 8.42 Å². The maximum absolute atomic E-state index is 14.1. The summed E-state index contributed by atoms with van der Waals surface area (Å²) in [5.74, 6) is 0.304. The second kappa shape index (κ2) is 14.9. The van der Waals surface area contributed by atoms with Crippen LogP contribution < -0.4 is 19.1 Å². The number of halogens is 1. The van der Waals surface area contributed by atoms with Gasteiger partial charge in [0, 0.05) is 17.6 Å². The summed E-state index contributed by atoms with van der Waals surface area (Å²) < 4.78 is 39.4. The Morgan fingerprint density at radius 2 is 1.40 bits per heavy atom. The Morgan fingerprint density at radius 1 is 0.857 bits per heavy atom. The highest BCUT2D eigenvalue weighted by atomic mass is 35.5. The SMILES string of the molecule is CC[C@@H](C)NC(=O)[C@H](CC)N(Cc1ccc(OC)cc1)C(=O)CN(c1ccc(Cl)cc1)S(=O)(=O)c1ccc(OC)cc1. The predicted molar refractivity (Wildman–Crippen MR) is 164 cm³/mol. The normalized spacial score (nSPS) is 12.6. The number of rotatable bonds is 14. The third-order valence-electron chi connectivity index (χ3n) is 6.94. The highest BCUT2D eigenvalue weighted by Gasteiger charge is 2.34. The number of nitrogens with one attached hydrogen (secondary N) is 1. The average molecular weight is 616 g/mol. The van der Waals surface area contributed by atoms with Gasteiger partial charge in [-0.2, -0.15) is 0 Å². The van der Waals surface area contributed by atoms with E-state index >= 15 is 0 Å². The van der Waals surface area contributed by atoms with E-state index in [1.165, 1.54) is 48.4 Å². The summed E-state index contributed by atoms with van der Waals surface area (Å²) in [7, 11) is -1.16. The molecule has 2 atom stereocenters. The molecule has 3 aromatic carbocycles. The maximum Gasteiger partial charge on any atom is 0.264 e. The first-order chi connectivity index (χ1) is 20.0. The zero-order valence-corrected chi connectivity index (χ0v) is 26.1. The molecule has 0 heterocycles. The predicted octanol–water partition coefficient (Wildman–Crippen LogP) is 5.27. The van der Waals surface area contributed by atoms with Crippen molar-refractivity contribution in [3.63, 3.8) is 0 Å². The lowest BCUT2D eigenvalue weighted by molar-refractivity contribution is -0.140. The van der Waals surface area contributed by atoms with Gasteiger partial charge < -0.3 is 19.7 Å². The summed E-state index contributed by atoms with van der Waals surface area (Å²) in [4.78, 5) is 28.9. The fourth-order valence-corrected chi connectivity index (χ4v) is 5.84. The molecule has 0 aliphatic carbocycles. The van der Waals surface area contributed by atoms with Crippen LogP contribution in [0.3, 0.4) is 0 Å². The van der Waals surface area contributed by atoms with Gasteiger partial charge in [-0.3, -0.25) is 13.9 Å². The third-order valence-corrected chi connectivity index (χ3v) is 8.98. The third kappa shape index (κ3) is 8.17. The summed E-state index contributed by atoms with van der Waals surface area (Å²) in [6.45, 7) is 5.22. The Kier molecular flexibility index (Phi) is 11.6. The highest BCUT2D eigenvalue weighted by molar-refractivity contribution is 7.92. The van der Waals surface area contributed by atoms with Gasteiger partial charge in [0.25, 0.3) is 10.0 Å². The molecule has 0 aromatic heterocycles. The molecule has 0 aliphatic rings. The first kappa shape index (κ1) is 32.8. The number of carbonyl (C=O) groups excluding carboxylic acids is 2. The zero-order valence-electron chi connectivity index (χ0n) is 24.5. The zero-order chi connectivity index (χ0) is 30.9. The molecule has 11 heteroatoms. The topological polar surface area (TPSA) is 105 Å². The molecule has 0 unspecified atom stereocenters. The minimum Gasteiger partial charge on any atom is -0.497 e. The maximum atomic E-state index is 14.1. The van der Waals surface area contributed by atoms with Crippen molar-refractivity contribution in [2.75, 3.05) is 25.1 Å².